The zero-order chi connectivity index (χ0) is 22.6. The molecule has 1 aromatic carbocycles. The molecule has 0 amide bonds. The summed E-state index contributed by atoms with van der Waals surface area (Å²) in [5.74, 6) is 0. The standard InChI is InChI=1S/C21H24BClN2O5S/c1-5-24-11-17(22-29-12-21(3,4)13-30-22)16-10-18(23)25(19(16)20(24)26)31(27,28)15-8-6-14(2)7-9-15/h6-11H,5,12-13H2,1-4H3. The molecule has 0 saturated carbocycles. The molecule has 0 atom stereocenters. The van der Waals surface area contributed by atoms with Crippen molar-refractivity contribution < 1.29 is 17.7 Å². The predicted octanol–water partition coefficient (Wildman–Crippen LogP) is 2.79. The van der Waals surface area contributed by atoms with E-state index in [9.17, 15) is 13.2 Å². The quantitative estimate of drug-likeness (QED) is 0.557. The summed E-state index contributed by atoms with van der Waals surface area (Å²) in [6.45, 7) is 9.05. The van der Waals surface area contributed by atoms with Gasteiger partial charge in [0.25, 0.3) is 15.6 Å². The average molecular weight is 463 g/mol. The maximum atomic E-state index is 13.4. The number of aryl methyl sites for hydroxylation is 2. The van der Waals surface area contributed by atoms with Gasteiger partial charge in [-0.05, 0) is 32.0 Å². The molecule has 1 aliphatic heterocycles. The SMILES string of the molecule is CCn1cc(B2OCC(C)(C)CO2)c2cc(Cl)n(S(=O)(=O)c3ccc(C)cc3)c2c1=O. The molecule has 10 heteroatoms. The lowest BCUT2D eigenvalue weighted by Gasteiger charge is -2.33. The van der Waals surface area contributed by atoms with E-state index in [4.69, 9.17) is 20.9 Å². The van der Waals surface area contributed by atoms with Crippen LogP contribution in [0.3, 0.4) is 0 Å². The molecule has 0 unspecified atom stereocenters. The minimum Gasteiger partial charge on any atom is -0.407 e. The first-order valence-electron chi connectivity index (χ1n) is 10.0. The van der Waals surface area contributed by atoms with Crippen LogP contribution in [0, 0.1) is 12.3 Å². The summed E-state index contributed by atoms with van der Waals surface area (Å²) in [4.78, 5) is 13.3. The van der Waals surface area contributed by atoms with E-state index >= 15 is 0 Å². The molecule has 4 rings (SSSR count). The van der Waals surface area contributed by atoms with Gasteiger partial charge in [-0.25, -0.2) is 12.4 Å². The highest BCUT2D eigenvalue weighted by atomic mass is 35.5. The topological polar surface area (TPSA) is 79.5 Å². The van der Waals surface area contributed by atoms with Crippen LogP contribution in [0.2, 0.25) is 5.15 Å². The molecular weight excluding hydrogens is 439 g/mol. The number of pyridine rings is 1. The Morgan fingerprint density at radius 2 is 1.77 bits per heavy atom. The number of aromatic nitrogens is 2. The number of rotatable bonds is 4. The van der Waals surface area contributed by atoms with Crippen molar-refractivity contribution in [3.63, 3.8) is 0 Å². The van der Waals surface area contributed by atoms with Gasteiger partial charge in [-0.2, -0.15) is 0 Å². The number of nitrogens with zero attached hydrogens (tertiary/aromatic N) is 2. The number of benzene rings is 1. The van der Waals surface area contributed by atoms with Gasteiger partial charge < -0.3 is 13.9 Å². The van der Waals surface area contributed by atoms with Gasteiger partial charge in [-0.15, -0.1) is 0 Å². The van der Waals surface area contributed by atoms with Crippen LogP contribution in [-0.4, -0.2) is 37.3 Å². The summed E-state index contributed by atoms with van der Waals surface area (Å²) < 4.78 is 41.1. The van der Waals surface area contributed by atoms with Gasteiger partial charge in [-0.1, -0.05) is 43.1 Å². The third-order valence-corrected chi connectivity index (χ3v) is 7.50. The smallest absolute Gasteiger partial charge is 0.407 e. The van der Waals surface area contributed by atoms with Gasteiger partial charge in [0.15, 0.2) is 0 Å². The lowest BCUT2D eigenvalue weighted by Crippen LogP contribution is -2.48. The Kier molecular flexibility index (Phi) is 5.58. The highest BCUT2D eigenvalue weighted by Gasteiger charge is 2.37. The molecule has 0 radical (unpaired) electrons. The van der Waals surface area contributed by atoms with E-state index < -0.39 is 22.7 Å². The van der Waals surface area contributed by atoms with Gasteiger partial charge in [0.05, 0.1) is 4.90 Å². The predicted molar refractivity (Wildman–Crippen MR) is 122 cm³/mol. The van der Waals surface area contributed by atoms with Crippen LogP contribution in [0.5, 0.6) is 0 Å². The second-order valence-corrected chi connectivity index (χ2v) is 10.8. The summed E-state index contributed by atoms with van der Waals surface area (Å²) in [6.07, 6.45) is 1.66. The van der Waals surface area contributed by atoms with Crippen molar-refractivity contribution in [2.75, 3.05) is 13.2 Å². The molecule has 164 valence electrons. The van der Waals surface area contributed by atoms with Crippen molar-refractivity contribution in [3.8, 4) is 0 Å². The minimum atomic E-state index is -4.09. The molecule has 1 aliphatic rings. The third kappa shape index (κ3) is 3.84. The Bertz CT molecular complexity index is 1300. The third-order valence-electron chi connectivity index (χ3n) is 5.39. The highest BCUT2D eigenvalue weighted by Crippen LogP contribution is 2.28. The highest BCUT2D eigenvalue weighted by molar-refractivity contribution is 7.90. The zero-order valence-electron chi connectivity index (χ0n) is 17.9. The van der Waals surface area contributed by atoms with E-state index in [1.807, 2.05) is 27.7 Å². The molecule has 2 aromatic heterocycles. The largest absolute Gasteiger partial charge is 0.496 e. The molecule has 31 heavy (non-hydrogen) atoms. The minimum absolute atomic E-state index is 0.0121. The van der Waals surface area contributed by atoms with Crippen LogP contribution in [0.1, 0.15) is 26.3 Å². The molecule has 3 aromatic rings. The lowest BCUT2D eigenvalue weighted by molar-refractivity contribution is 0.0344. The number of halogens is 1. The molecule has 0 bridgehead atoms. The van der Waals surface area contributed by atoms with Gasteiger partial charge in [-0.3, -0.25) is 4.79 Å². The van der Waals surface area contributed by atoms with E-state index in [-0.39, 0.29) is 21.0 Å². The van der Waals surface area contributed by atoms with E-state index in [1.54, 1.807) is 18.3 Å². The fraction of sp³-hybridized carbons (Fsp3) is 0.381. The monoisotopic (exact) mass is 462 g/mol. The van der Waals surface area contributed by atoms with Crippen molar-refractivity contribution in [2.45, 2.75) is 39.1 Å². The van der Waals surface area contributed by atoms with Crippen LogP contribution >= 0.6 is 11.6 Å². The van der Waals surface area contributed by atoms with Gasteiger partial charge >= 0.3 is 7.12 Å². The van der Waals surface area contributed by atoms with Crippen LogP contribution in [0.25, 0.3) is 10.9 Å². The molecule has 0 aliphatic carbocycles. The number of fused-ring (bicyclic) bond motifs is 1. The maximum absolute atomic E-state index is 13.4. The second kappa shape index (κ2) is 7.81. The Hall–Kier alpha value is -2.07. The molecule has 1 saturated heterocycles. The molecule has 0 N–H and O–H groups in total. The Morgan fingerprint density at radius 3 is 2.35 bits per heavy atom. The van der Waals surface area contributed by atoms with E-state index in [0.717, 1.165) is 9.54 Å². The van der Waals surface area contributed by atoms with Gasteiger partial charge in [0.2, 0.25) is 0 Å². The molecule has 3 heterocycles. The van der Waals surface area contributed by atoms with Crippen molar-refractivity contribution >= 4 is 45.1 Å². The van der Waals surface area contributed by atoms with Crippen molar-refractivity contribution in [2.24, 2.45) is 5.41 Å². The summed E-state index contributed by atoms with van der Waals surface area (Å²) in [6, 6.07) is 7.90. The van der Waals surface area contributed by atoms with E-state index in [1.165, 1.54) is 22.8 Å². The first-order chi connectivity index (χ1) is 14.5. The Labute approximate surface area is 186 Å². The Balaban J connectivity index is 1.96. The molecule has 7 nitrogen and oxygen atoms in total. The number of hydrogen-bond acceptors (Lipinski definition) is 5. The van der Waals surface area contributed by atoms with Gasteiger partial charge in [0, 0.05) is 42.2 Å². The molecule has 1 fully saturated rings. The van der Waals surface area contributed by atoms with Crippen LogP contribution in [-0.2, 0) is 25.9 Å². The van der Waals surface area contributed by atoms with Crippen LogP contribution in [0.4, 0.5) is 0 Å². The van der Waals surface area contributed by atoms with Crippen LogP contribution in [0.15, 0.2) is 46.2 Å². The van der Waals surface area contributed by atoms with Crippen molar-refractivity contribution in [1.29, 1.82) is 0 Å². The normalized spacial score (nSPS) is 16.7. The molecule has 0 spiro atoms. The second-order valence-electron chi connectivity index (χ2n) is 8.61. The lowest BCUT2D eigenvalue weighted by atomic mass is 9.75. The van der Waals surface area contributed by atoms with Crippen molar-refractivity contribution in [3.05, 3.63) is 57.6 Å². The summed E-state index contributed by atoms with van der Waals surface area (Å²) in [7, 11) is -4.81. The maximum Gasteiger partial charge on any atom is 0.496 e. The zero-order valence-corrected chi connectivity index (χ0v) is 19.5. The Morgan fingerprint density at radius 1 is 1.16 bits per heavy atom. The van der Waals surface area contributed by atoms with Crippen molar-refractivity contribution in [1.82, 2.24) is 8.54 Å². The van der Waals surface area contributed by atoms with E-state index in [2.05, 4.69) is 0 Å². The first kappa shape index (κ1) is 22.1. The first-order valence-corrected chi connectivity index (χ1v) is 11.9. The summed E-state index contributed by atoms with van der Waals surface area (Å²) in [5, 5.41) is 0.332. The fourth-order valence-corrected chi connectivity index (χ4v) is 5.52. The van der Waals surface area contributed by atoms with Gasteiger partial charge in [0.1, 0.15) is 10.7 Å². The summed E-state index contributed by atoms with van der Waals surface area (Å²) in [5.41, 5.74) is 0.911. The summed E-state index contributed by atoms with van der Waals surface area (Å²) >= 11 is 6.41. The molecular formula is C21H24BClN2O5S. The van der Waals surface area contributed by atoms with Crippen LogP contribution < -0.4 is 11.0 Å². The average Bonchev–Trinajstić information content (AvgIpc) is 3.07. The fourth-order valence-electron chi connectivity index (χ4n) is 3.66. The van der Waals surface area contributed by atoms with E-state index in [0.29, 0.717) is 30.6 Å². The number of hydrogen-bond donors (Lipinski definition) is 0.